The smallest absolute Gasteiger partial charge is 0.306 e. The number of likely N-dealkylation sites (tertiary alicyclic amines) is 1. The largest absolute Gasteiger partial charge is 0.326 e. The van der Waals surface area contributed by atoms with Gasteiger partial charge in [-0.1, -0.05) is 61.7 Å². The van der Waals surface area contributed by atoms with Crippen LogP contribution in [0.4, 0.5) is 0 Å². The van der Waals surface area contributed by atoms with E-state index in [0.717, 1.165) is 37.0 Å². The Bertz CT molecular complexity index is 989. The fraction of sp³-hybridized carbons (Fsp3) is 0.458. The SMILES string of the molecule is O=c1[nH]c2ccccc2n1C1CCN(C2(c3ccccc3)CCCCC2)CC1. The third kappa shape index (κ3) is 2.91. The summed E-state index contributed by atoms with van der Waals surface area (Å²) in [6, 6.07) is 19.5. The molecular weight excluding hydrogens is 346 g/mol. The van der Waals surface area contributed by atoms with Gasteiger partial charge in [0.25, 0.3) is 0 Å². The number of rotatable bonds is 3. The molecule has 0 atom stereocenters. The van der Waals surface area contributed by atoms with E-state index in [4.69, 9.17) is 0 Å². The lowest BCUT2D eigenvalue weighted by Crippen LogP contribution is -2.51. The third-order valence-electron chi connectivity index (χ3n) is 7.05. The molecule has 0 bridgehead atoms. The van der Waals surface area contributed by atoms with E-state index in [1.165, 1.54) is 37.7 Å². The van der Waals surface area contributed by atoms with Gasteiger partial charge < -0.3 is 4.98 Å². The molecule has 2 aromatic carbocycles. The van der Waals surface area contributed by atoms with Crippen LogP contribution < -0.4 is 5.69 Å². The molecule has 2 heterocycles. The van der Waals surface area contributed by atoms with Gasteiger partial charge in [0, 0.05) is 24.7 Å². The highest BCUT2D eigenvalue weighted by molar-refractivity contribution is 5.75. The Balaban J connectivity index is 1.41. The number of H-pyrrole nitrogens is 1. The second-order valence-corrected chi connectivity index (χ2v) is 8.49. The van der Waals surface area contributed by atoms with Crippen LogP contribution >= 0.6 is 0 Å². The number of para-hydroxylation sites is 2. The maximum absolute atomic E-state index is 12.6. The lowest BCUT2D eigenvalue weighted by molar-refractivity contribution is 0.0189. The van der Waals surface area contributed by atoms with Gasteiger partial charge in [-0.15, -0.1) is 0 Å². The van der Waals surface area contributed by atoms with E-state index in [2.05, 4.69) is 46.3 Å². The highest BCUT2D eigenvalue weighted by atomic mass is 16.1. The molecule has 0 spiro atoms. The molecule has 1 saturated heterocycles. The van der Waals surface area contributed by atoms with Crippen molar-refractivity contribution >= 4 is 11.0 Å². The molecule has 5 rings (SSSR count). The third-order valence-corrected chi connectivity index (χ3v) is 7.05. The van der Waals surface area contributed by atoms with Gasteiger partial charge in [-0.3, -0.25) is 9.47 Å². The standard InChI is InChI=1S/C24H29N3O/c28-23-25-21-11-5-6-12-22(21)27(23)20-13-17-26(18-14-20)24(15-7-2-8-16-24)19-9-3-1-4-10-19/h1,3-6,9-12,20H,2,7-8,13-18H2,(H,25,28). The zero-order chi connectivity index (χ0) is 19.0. The van der Waals surface area contributed by atoms with Gasteiger partial charge >= 0.3 is 5.69 Å². The Morgan fingerprint density at radius 2 is 1.54 bits per heavy atom. The van der Waals surface area contributed by atoms with Gasteiger partial charge in [0.05, 0.1) is 11.0 Å². The first-order valence-corrected chi connectivity index (χ1v) is 10.8. The van der Waals surface area contributed by atoms with Gasteiger partial charge in [-0.25, -0.2) is 4.79 Å². The number of aromatic nitrogens is 2. The van der Waals surface area contributed by atoms with Crippen molar-refractivity contribution in [3.63, 3.8) is 0 Å². The van der Waals surface area contributed by atoms with Crippen LogP contribution in [-0.2, 0) is 5.54 Å². The van der Waals surface area contributed by atoms with Gasteiger partial charge in [0.2, 0.25) is 0 Å². The molecule has 2 aliphatic rings. The minimum atomic E-state index is 0.0371. The van der Waals surface area contributed by atoms with E-state index in [1.807, 2.05) is 22.8 Å². The molecule has 4 heteroatoms. The van der Waals surface area contributed by atoms with Gasteiger partial charge in [-0.05, 0) is 43.4 Å². The molecule has 1 aromatic heterocycles. The van der Waals surface area contributed by atoms with Crippen LogP contribution in [0.2, 0.25) is 0 Å². The molecule has 146 valence electrons. The number of fused-ring (bicyclic) bond motifs is 1. The second-order valence-electron chi connectivity index (χ2n) is 8.49. The normalized spacial score (nSPS) is 21.1. The van der Waals surface area contributed by atoms with Crippen LogP contribution in [0, 0.1) is 0 Å². The zero-order valence-corrected chi connectivity index (χ0v) is 16.4. The van der Waals surface area contributed by atoms with Crippen LogP contribution in [0.3, 0.4) is 0 Å². The summed E-state index contributed by atoms with van der Waals surface area (Å²) in [7, 11) is 0. The highest BCUT2D eigenvalue weighted by Gasteiger charge is 2.41. The average Bonchev–Trinajstić information content (AvgIpc) is 3.10. The van der Waals surface area contributed by atoms with Crippen LogP contribution in [-0.4, -0.2) is 27.5 Å². The van der Waals surface area contributed by atoms with Gasteiger partial charge in [0.1, 0.15) is 0 Å². The van der Waals surface area contributed by atoms with Gasteiger partial charge in [0.15, 0.2) is 0 Å². The Morgan fingerprint density at radius 3 is 2.29 bits per heavy atom. The molecule has 2 fully saturated rings. The Morgan fingerprint density at radius 1 is 0.857 bits per heavy atom. The summed E-state index contributed by atoms with van der Waals surface area (Å²) < 4.78 is 2.00. The quantitative estimate of drug-likeness (QED) is 0.713. The number of hydrogen-bond donors (Lipinski definition) is 1. The number of aromatic amines is 1. The summed E-state index contributed by atoms with van der Waals surface area (Å²) in [5, 5.41) is 0. The van der Waals surface area contributed by atoms with E-state index >= 15 is 0 Å². The first-order valence-electron chi connectivity index (χ1n) is 10.8. The van der Waals surface area contributed by atoms with Crippen molar-refractivity contribution in [3.8, 4) is 0 Å². The Hall–Kier alpha value is -2.33. The van der Waals surface area contributed by atoms with E-state index in [9.17, 15) is 4.79 Å². The Labute approximate surface area is 166 Å². The average molecular weight is 376 g/mol. The maximum Gasteiger partial charge on any atom is 0.326 e. The molecule has 4 nitrogen and oxygen atoms in total. The molecule has 0 unspecified atom stereocenters. The van der Waals surface area contributed by atoms with Crippen LogP contribution in [0.1, 0.15) is 56.6 Å². The predicted molar refractivity (Wildman–Crippen MR) is 114 cm³/mol. The summed E-state index contributed by atoms with van der Waals surface area (Å²) in [6.45, 7) is 2.12. The van der Waals surface area contributed by atoms with Crippen LogP contribution in [0.5, 0.6) is 0 Å². The number of hydrogen-bond acceptors (Lipinski definition) is 2. The van der Waals surface area contributed by atoms with Crippen LogP contribution in [0.25, 0.3) is 11.0 Å². The zero-order valence-electron chi connectivity index (χ0n) is 16.4. The minimum absolute atomic E-state index is 0.0371. The summed E-state index contributed by atoms with van der Waals surface area (Å²) in [5.74, 6) is 0. The molecule has 1 aliphatic heterocycles. The summed E-state index contributed by atoms with van der Waals surface area (Å²) in [5.41, 5.74) is 3.70. The molecule has 1 saturated carbocycles. The lowest BCUT2D eigenvalue weighted by atomic mass is 9.74. The molecule has 0 radical (unpaired) electrons. The summed E-state index contributed by atoms with van der Waals surface area (Å²) in [4.78, 5) is 18.4. The summed E-state index contributed by atoms with van der Waals surface area (Å²) in [6.07, 6.45) is 8.58. The van der Waals surface area contributed by atoms with Gasteiger partial charge in [-0.2, -0.15) is 0 Å². The number of piperidine rings is 1. The fourth-order valence-corrected chi connectivity index (χ4v) is 5.66. The lowest BCUT2D eigenvalue weighted by Gasteiger charge is -2.50. The minimum Gasteiger partial charge on any atom is -0.306 e. The summed E-state index contributed by atoms with van der Waals surface area (Å²) >= 11 is 0. The molecule has 1 N–H and O–H groups in total. The molecule has 3 aromatic rings. The van der Waals surface area contributed by atoms with E-state index in [0.29, 0.717) is 0 Å². The molecule has 28 heavy (non-hydrogen) atoms. The first kappa shape index (κ1) is 17.7. The van der Waals surface area contributed by atoms with Crippen molar-refractivity contribution in [1.82, 2.24) is 14.5 Å². The van der Waals surface area contributed by atoms with Crippen molar-refractivity contribution in [2.45, 2.75) is 56.5 Å². The van der Waals surface area contributed by atoms with Crippen LogP contribution in [0.15, 0.2) is 59.4 Å². The van der Waals surface area contributed by atoms with Crippen molar-refractivity contribution in [3.05, 3.63) is 70.6 Å². The second kappa shape index (κ2) is 7.25. The molecular formula is C24H29N3O. The Kier molecular flexibility index (Phi) is 4.59. The van der Waals surface area contributed by atoms with E-state index in [-0.39, 0.29) is 17.3 Å². The first-order chi connectivity index (χ1) is 13.8. The predicted octanol–water partition coefficient (Wildman–Crippen LogP) is 4.83. The highest BCUT2D eigenvalue weighted by Crippen LogP contribution is 2.44. The fourth-order valence-electron chi connectivity index (χ4n) is 5.66. The van der Waals surface area contributed by atoms with Crippen molar-refractivity contribution in [2.24, 2.45) is 0 Å². The topological polar surface area (TPSA) is 41.0 Å². The van der Waals surface area contributed by atoms with E-state index in [1.54, 1.807) is 0 Å². The van der Waals surface area contributed by atoms with Crippen molar-refractivity contribution in [2.75, 3.05) is 13.1 Å². The van der Waals surface area contributed by atoms with E-state index < -0.39 is 0 Å². The molecule has 1 aliphatic carbocycles. The molecule has 0 amide bonds. The maximum atomic E-state index is 12.6. The number of nitrogens with zero attached hydrogens (tertiary/aromatic N) is 2. The monoisotopic (exact) mass is 375 g/mol. The van der Waals surface area contributed by atoms with Crippen molar-refractivity contribution < 1.29 is 0 Å². The number of nitrogens with one attached hydrogen (secondary N) is 1. The van der Waals surface area contributed by atoms with Crippen molar-refractivity contribution in [1.29, 1.82) is 0 Å². The number of imidazole rings is 1. The number of benzene rings is 2.